The van der Waals surface area contributed by atoms with Gasteiger partial charge in [-0.3, -0.25) is 0 Å². The molecule has 1 unspecified atom stereocenters. The van der Waals surface area contributed by atoms with E-state index in [1.807, 2.05) is 6.33 Å². The van der Waals surface area contributed by atoms with E-state index in [1.54, 1.807) is 8.85 Å². The van der Waals surface area contributed by atoms with E-state index < -0.39 is 23.2 Å². The number of halogens is 2. The molecule has 4 aromatic rings. The number of nitrogens with zero attached hydrogens (tertiary/aromatic N) is 2. The predicted octanol–water partition coefficient (Wildman–Crippen LogP) is 0.636. The maximum absolute atomic E-state index is 4.68. The van der Waals surface area contributed by atoms with Crippen LogP contribution in [0.25, 0.3) is 22.8 Å². The number of aromatic nitrogens is 2. The number of imidazole rings is 1. The van der Waals surface area contributed by atoms with Crippen molar-refractivity contribution in [3.8, 4) is 0 Å². The van der Waals surface area contributed by atoms with Gasteiger partial charge in [-0.15, -0.1) is 0 Å². The van der Waals surface area contributed by atoms with Crippen molar-refractivity contribution in [1.82, 2.24) is 9.55 Å². The summed E-state index contributed by atoms with van der Waals surface area (Å²) in [7, 11) is 0. The minimum atomic E-state index is -0.900. The summed E-state index contributed by atoms with van der Waals surface area (Å²) in [6.07, 6.45) is 11.3. The van der Waals surface area contributed by atoms with Crippen molar-refractivity contribution < 1.29 is 48.0 Å². The largest absolute Gasteiger partial charge is 1.00 e. The molecule has 33 heavy (non-hydrogen) atoms. The van der Waals surface area contributed by atoms with Gasteiger partial charge in [0.2, 0.25) is 0 Å². The van der Waals surface area contributed by atoms with Crippen LogP contribution in [0.15, 0.2) is 106 Å². The van der Waals surface area contributed by atoms with Crippen molar-refractivity contribution in [2.75, 3.05) is 0 Å². The standard InChI is InChI=1S/C16H11N2.C12H11.2ClH.Zr/c1-2-6-13-10-14(9-12(13)5-1)18-11-17-15-7-3-4-8-16(15)18;1-2-6-11(7-3-1)10-12-8-4-5-9-12;;;/h1-11H;1-4,6-8H,5,10H2;2*1H;/q;;;;+2/p-2. The maximum atomic E-state index is 4.68. The summed E-state index contributed by atoms with van der Waals surface area (Å²) >= 11 is -0.900. The van der Waals surface area contributed by atoms with Gasteiger partial charge in [0, 0.05) is 0 Å². The van der Waals surface area contributed by atoms with Gasteiger partial charge in [0.05, 0.1) is 0 Å². The van der Waals surface area contributed by atoms with E-state index in [2.05, 4.69) is 107 Å². The Labute approximate surface area is 218 Å². The minimum absolute atomic E-state index is 0. The maximum Gasteiger partial charge on any atom is -1.00 e. The van der Waals surface area contributed by atoms with Crippen molar-refractivity contribution in [2.45, 2.75) is 16.5 Å². The summed E-state index contributed by atoms with van der Waals surface area (Å²) in [6, 6.07) is 28.3. The fraction of sp³-hybridized carbons (Fsp3) is 0.107. The average Bonchev–Trinajstić information content (AvgIpc) is 3.52. The Kier molecular flexibility index (Phi) is 7.54. The molecule has 0 amide bonds. The van der Waals surface area contributed by atoms with Crippen LogP contribution in [0.3, 0.4) is 0 Å². The Hall–Kier alpha value is -2.19. The molecule has 0 fully saturated rings. The first-order chi connectivity index (χ1) is 15.4. The van der Waals surface area contributed by atoms with Crippen LogP contribution in [-0.2, 0) is 29.7 Å². The Morgan fingerprint density at radius 1 is 0.879 bits per heavy atom. The van der Waals surface area contributed by atoms with Gasteiger partial charge in [0.1, 0.15) is 0 Å². The fourth-order valence-electron chi connectivity index (χ4n) is 4.69. The number of hydrogen-bond donors (Lipinski definition) is 0. The van der Waals surface area contributed by atoms with Gasteiger partial charge in [0.15, 0.2) is 0 Å². The van der Waals surface area contributed by atoms with Crippen molar-refractivity contribution in [3.63, 3.8) is 0 Å². The van der Waals surface area contributed by atoms with Crippen LogP contribution in [0.4, 0.5) is 0 Å². The van der Waals surface area contributed by atoms with E-state index in [0.29, 0.717) is 3.63 Å². The van der Waals surface area contributed by atoms with Crippen LogP contribution in [-0.4, -0.2) is 9.55 Å². The van der Waals surface area contributed by atoms with Crippen molar-refractivity contribution in [2.24, 2.45) is 0 Å². The second-order valence-corrected chi connectivity index (χ2v) is 11.8. The zero-order chi connectivity index (χ0) is 20.6. The van der Waals surface area contributed by atoms with E-state index >= 15 is 0 Å². The zero-order valence-corrected chi connectivity index (χ0v) is 21.9. The van der Waals surface area contributed by atoms with Crippen LogP contribution >= 0.6 is 0 Å². The summed E-state index contributed by atoms with van der Waals surface area (Å²) in [5.74, 6) is 0. The third kappa shape index (κ3) is 4.60. The van der Waals surface area contributed by atoms with Crippen LogP contribution in [0.1, 0.15) is 26.7 Å². The fourth-order valence-corrected chi connectivity index (χ4v) is 8.94. The number of para-hydroxylation sites is 2. The molecule has 2 aliphatic rings. The van der Waals surface area contributed by atoms with Gasteiger partial charge in [-0.25, -0.2) is 0 Å². The smallest absolute Gasteiger partial charge is 1.00 e. The second kappa shape index (κ2) is 10.4. The topological polar surface area (TPSA) is 17.8 Å². The predicted molar refractivity (Wildman–Crippen MR) is 124 cm³/mol. The molecule has 1 heterocycles. The third-order valence-electron chi connectivity index (χ3n) is 6.22. The molecule has 6 rings (SSSR count). The number of rotatable bonds is 5. The minimum Gasteiger partial charge on any atom is -1.00 e. The molecule has 0 saturated heterocycles. The third-order valence-corrected chi connectivity index (χ3v) is 10.6. The first-order valence-corrected chi connectivity index (χ1v) is 13.4. The Balaban J connectivity index is 0.00000130. The molecule has 0 aliphatic heterocycles. The van der Waals surface area contributed by atoms with Gasteiger partial charge < -0.3 is 24.8 Å². The zero-order valence-electron chi connectivity index (χ0n) is 18.0. The molecule has 1 atom stereocenters. The molecule has 3 aromatic carbocycles. The molecule has 0 radical (unpaired) electrons. The molecule has 0 spiro atoms. The van der Waals surface area contributed by atoms with E-state index in [9.17, 15) is 0 Å². The summed E-state index contributed by atoms with van der Waals surface area (Å²) in [5.41, 5.74) is 9.50. The van der Waals surface area contributed by atoms with Crippen molar-refractivity contribution in [3.05, 3.63) is 123 Å². The molecule has 1 aromatic heterocycles. The molecule has 0 saturated carbocycles. The molecule has 0 bridgehead atoms. The number of benzene rings is 3. The summed E-state index contributed by atoms with van der Waals surface area (Å²) < 4.78 is 4.57. The van der Waals surface area contributed by atoms with E-state index in [4.69, 9.17) is 0 Å². The van der Waals surface area contributed by atoms with Crippen LogP contribution in [0, 0.1) is 0 Å². The number of allylic oxidation sites excluding steroid dienone is 5. The van der Waals surface area contributed by atoms with Crippen LogP contribution in [0.5, 0.6) is 0 Å². The summed E-state index contributed by atoms with van der Waals surface area (Å²) in [5, 5.41) is 0. The first kappa shape index (κ1) is 24.0. The van der Waals surface area contributed by atoms with Gasteiger partial charge in [-0.2, -0.15) is 0 Å². The molecule has 2 aliphatic carbocycles. The number of fused-ring (bicyclic) bond motifs is 2. The Morgan fingerprint density at radius 3 is 2.52 bits per heavy atom. The van der Waals surface area contributed by atoms with Crippen molar-refractivity contribution in [1.29, 1.82) is 0 Å². The monoisotopic (exact) mass is 546 g/mol. The molecule has 2 nitrogen and oxygen atoms in total. The Morgan fingerprint density at radius 2 is 1.64 bits per heavy atom. The quantitative estimate of drug-likeness (QED) is 0.358. The van der Waals surface area contributed by atoms with E-state index in [0.717, 1.165) is 18.4 Å². The summed E-state index contributed by atoms with van der Waals surface area (Å²) in [6.45, 7) is 0. The van der Waals surface area contributed by atoms with E-state index in [-0.39, 0.29) is 24.8 Å². The van der Waals surface area contributed by atoms with Gasteiger partial charge in [-0.05, 0) is 0 Å². The molecular formula is C28H22Cl2N2Zr. The van der Waals surface area contributed by atoms with E-state index in [1.165, 1.54) is 27.9 Å². The number of hydrogen-bond acceptors (Lipinski definition) is 1. The Bertz CT molecular complexity index is 1370. The first-order valence-electron chi connectivity index (χ1n) is 10.8. The molecule has 0 N–H and O–H groups in total. The van der Waals surface area contributed by atoms with Gasteiger partial charge in [0.25, 0.3) is 0 Å². The molecule has 5 heteroatoms. The normalized spacial score (nSPS) is 16.1. The molecule has 162 valence electrons. The average molecular weight is 549 g/mol. The van der Waals surface area contributed by atoms with Crippen LogP contribution < -0.4 is 24.8 Å². The SMILES string of the molecule is C1=CC(Cc2ccccc2)=[C]([Zr+2][CH]2C(n3cnc4ccccc43)=Cc3ccccc32)C1.[Cl-].[Cl-]. The van der Waals surface area contributed by atoms with Crippen molar-refractivity contribution >= 4 is 22.8 Å². The molecular weight excluding hydrogens is 526 g/mol. The summed E-state index contributed by atoms with van der Waals surface area (Å²) in [4.78, 5) is 4.68. The van der Waals surface area contributed by atoms with Gasteiger partial charge >= 0.3 is 195 Å². The van der Waals surface area contributed by atoms with Crippen LogP contribution in [0.2, 0.25) is 0 Å². The van der Waals surface area contributed by atoms with Gasteiger partial charge in [-0.1, -0.05) is 0 Å². The second-order valence-electron chi connectivity index (χ2n) is 8.15.